The molecule has 86 valence electrons. The Morgan fingerprint density at radius 1 is 1.62 bits per heavy atom. The molecule has 16 heavy (non-hydrogen) atoms. The average molecular weight is 225 g/mol. The number of rotatable bonds is 5. The molecule has 1 rings (SSSR count). The summed E-state index contributed by atoms with van der Waals surface area (Å²) in [6.45, 7) is 0. The second-order valence-electron chi connectivity index (χ2n) is 3.19. The molecule has 0 aromatic heterocycles. The molecule has 0 amide bonds. The van der Waals surface area contributed by atoms with Gasteiger partial charge in [0.25, 0.3) is 5.69 Å². The summed E-state index contributed by atoms with van der Waals surface area (Å²) in [4.78, 5) is 20.7. The molecule has 0 saturated heterocycles. The summed E-state index contributed by atoms with van der Waals surface area (Å²) < 4.78 is 4.75. The number of carboxylic acid groups (broad SMARTS) is 1. The maximum atomic E-state index is 10.7. The molecule has 1 N–H and O–H groups in total. The number of benzene rings is 1. The lowest BCUT2D eigenvalue weighted by molar-refractivity contribution is -0.384. The minimum atomic E-state index is -1.09. The first-order valence-corrected chi connectivity index (χ1v) is 4.53. The lowest BCUT2D eigenvalue weighted by Crippen LogP contribution is -2.24. The molecule has 6 nitrogen and oxygen atoms in total. The molecule has 0 aliphatic carbocycles. The van der Waals surface area contributed by atoms with Crippen LogP contribution < -0.4 is 0 Å². The summed E-state index contributed by atoms with van der Waals surface area (Å²) in [5.74, 6) is -1.09. The molecule has 0 saturated carbocycles. The van der Waals surface area contributed by atoms with E-state index in [2.05, 4.69) is 0 Å². The summed E-state index contributed by atoms with van der Waals surface area (Å²) in [5.41, 5.74) is 0.501. The van der Waals surface area contributed by atoms with Gasteiger partial charge in [0.05, 0.1) is 4.92 Å². The van der Waals surface area contributed by atoms with Gasteiger partial charge in [-0.15, -0.1) is 0 Å². The second kappa shape index (κ2) is 5.22. The van der Waals surface area contributed by atoms with Gasteiger partial charge in [0, 0.05) is 25.7 Å². The van der Waals surface area contributed by atoms with Crippen molar-refractivity contribution >= 4 is 11.7 Å². The Kier molecular flexibility index (Phi) is 3.96. The van der Waals surface area contributed by atoms with Gasteiger partial charge in [-0.3, -0.25) is 10.1 Å². The third-order valence-electron chi connectivity index (χ3n) is 2.10. The highest BCUT2D eigenvalue weighted by molar-refractivity contribution is 5.72. The van der Waals surface area contributed by atoms with Crippen LogP contribution in [0.5, 0.6) is 0 Å². The quantitative estimate of drug-likeness (QED) is 0.601. The van der Waals surface area contributed by atoms with Gasteiger partial charge in [0.15, 0.2) is 6.10 Å². The molecule has 0 heterocycles. The summed E-state index contributed by atoms with van der Waals surface area (Å²) in [6, 6.07) is 5.84. The SMILES string of the molecule is CO[C@@H](Cc1cccc([N+](=O)[O-])c1)C(=O)O. The van der Waals surface area contributed by atoms with Crippen molar-refractivity contribution in [2.24, 2.45) is 0 Å². The lowest BCUT2D eigenvalue weighted by Gasteiger charge is -2.09. The normalized spacial score (nSPS) is 12.1. The first-order chi connectivity index (χ1) is 7.54. The molecular formula is C10H11NO5. The van der Waals surface area contributed by atoms with Crippen molar-refractivity contribution in [1.29, 1.82) is 0 Å². The average Bonchev–Trinajstić information content (AvgIpc) is 2.25. The van der Waals surface area contributed by atoms with Crippen molar-refractivity contribution in [3.05, 3.63) is 39.9 Å². The maximum absolute atomic E-state index is 10.7. The van der Waals surface area contributed by atoms with E-state index in [9.17, 15) is 14.9 Å². The molecule has 0 unspecified atom stereocenters. The van der Waals surface area contributed by atoms with Gasteiger partial charge < -0.3 is 9.84 Å². The van der Waals surface area contributed by atoms with Crippen molar-refractivity contribution in [3.63, 3.8) is 0 Å². The summed E-state index contributed by atoms with van der Waals surface area (Å²) in [6.07, 6.45) is -0.880. The fourth-order valence-corrected chi connectivity index (χ4v) is 1.28. The first-order valence-electron chi connectivity index (χ1n) is 4.53. The van der Waals surface area contributed by atoms with Crippen LogP contribution in [0.15, 0.2) is 24.3 Å². The number of non-ortho nitro benzene ring substituents is 1. The minimum absolute atomic E-state index is 0.0576. The predicted octanol–water partition coefficient (Wildman–Crippen LogP) is 1.24. The molecule has 6 heteroatoms. The van der Waals surface area contributed by atoms with E-state index in [-0.39, 0.29) is 12.1 Å². The van der Waals surface area contributed by atoms with Crippen LogP contribution in [0, 0.1) is 10.1 Å². The second-order valence-corrected chi connectivity index (χ2v) is 3.19. The fourth-order valence-electron chi connectivity index (χ4n) is 1.28. The Morgan fingerprint density at radius 3 is 2.81 bits per heavy atom. The highest BCUT2D eigenvalue weighted by Crippen LogP contribution is 2.15. The molecular weight excluding hydrogens is 214 g/mol. The van der Waals surface area contributed by atoms with Crippen molar-refractivity contribution < 1.29 is 19.6 Å². The van der Waals surface area contributed by atoms with Crippen LogP contribution in [0.2, 0.25) is 0 Å². The molecule has 1 atom stereocenters. The molecule has 0 aliphatic heterocycles. The number of hydrogen-bond donors (Lipinski definition) is 1. The predicted molar refractivity (Wildman–Crippen MR) is 55.2 cm³/mol. The largest absolute Gasteiger partial charge is 0.479 e. The number of nitro groups is 1. The van der Waals surface area contributed by atoms with Crippen molar-refractivity contribution in [2.45, 2.75) is 12.5 Å². The molecule has 0 aliphatic rings. The molecule has 1 aromatic rings. The van der Waals surface area contributed by atoms with Gasteiger partial charge in [0.2, 0.25) is 0 Å². The van der Waals surface area contributed by atoms with Crippen LogP contribution in [0.25, 0.3) is 0 Å². The number of nitro benzene ring substituents is 1. The Labute approximate surface area is 91.6 Å². The molecule has 0 spiro atoms. The Hall–Kier alpha value is -1.95. The zero-order valence-corrected chi connectivity index (χ0v) is 8.62. The highest BCUT2D eigenvalue weighted by Gasteiger charge is 2.17. The van der Waals surface area contributed by atoms with Crippen LogP contribution in [-0.4, -0.2) is 29.2 Å². The number of carboxylic acids is 1. The third-order valence-corrected chi connectivity index (χ3v) is 2.10. The van der Waals surface area contributed by atoms with Gasteiger partial charge in [-0.25, -0.2) is 4.79 Å². The smallest absolute Gasteiger partial charge is 0.333 e. The number of hydrogen-bond acceptors (Lipinski definition) is 4. The Balaban J connectivity index is 2.84. The number of aliphatic carboxylic acids is 1. The zero-order valence-electron chi connectivity index (χ0n) is 8.62. The zero-order chi connectivity index (χ0) is 12.1. The highest BCUT2D eigenvalue weighted by atomic mass is 16.6. The number of carbonyl (C=O) groups is 1. The maximum Gasteiger partial charge on any atom is 0.333 e. The van der Waals surface area contributed by atoms with E-state index < -0.39 is 17.0 Å². The van der Waals surface area contributed by atoms with E-state index in [1.54, 1.807) is 6.07 Å². The molecule has 0 bridgehead atoms. The van der Waals surface area contributed by atoms with Gasteiger partial charge in [0.1, 0.15) is 0 Å². The van der Waals surface area contributed by atoms with Gasteiger partial charge in [-0.1, -0.05) is 12.1 Å². The Morgan fingerprint density at radius 2 is 2.31 bits per heavy atom. The fraction of sp³-hybridized carbons (Fsp3) is 0.300. The summed E-state index contributed by atoms with van der Waals surface area (Å²) >= 11 is 0. The standard InChI is InChI=1S/C10H11NO5/c1-16-9(10(12)13)6-7-3-2-4-8(5-7)11(14)15/h2-5,9H,6H2,1H3,(H,12,13)/t9-/m0/s1. The topological polar surface area (TPSA) is 89.7 Å². The van der Waals surface area contributed by atoms with Gasteiger partial charge in [-0.05, 0) is 5.56 Å². The van der Waals surface area contributed by atoms with Crippen LogP contribution in [0.4, 0.5) is 5.69 Å². The number of nitrogens with zero attached hydrogens (tertiary/aromatic N) is 1. The van der Waals surface area contributed by atoms with Gasteiger partial charge >= 0.3 is 5.97 Å². The number of ether oxygens (including phenoxy) is 1. The Bertz CT molecular complexity index is 404. The minimum Gasteiger partial charge on any atom is -0.479 e. The van der Waals surface area contributed by atoms with Crippen LogP contribution in [0.1, 0.15) is 5.56 Å². The van der Waals surface area contributed by atoms with E-state index in [0.717, 1.165) is 0 Å². The number of methoxy groups -OCH3 is 1. The van der Waals surface area contributed by atoms with Crippen molar-refractivity contribution in [1.82, 2.24) is 0 Å². The van der Waals surface area contributed by atoms with E-state index >= 15 is 0 Å². The molecule has 1 aromatic carbocycles. The summed E-state index contributed by atoms with van der Waals surface area (Å²) in [5, 5.41) is 19.3. The monoisotopic (exact) mass is 225 g/mol. The van der Waals surface area contributed by atoms with E-state index in [1.807, 2.05) is 0 Å². The molecule has 0 fully saturated rings. The van der Waals surface area contributed by atoms with E-state index in [1.165, 1.54) is 25.3 Å². The van der Waals surface area contributed by atoms with Crippen molar-refractivity contribution in [3.8, 4) is 0 Å². The third kappa shape index (κ3) is 3.03. The summed E-state index contributed by atoms with van der Waals surface area (Å²) in [7, 11) is 1.29. The van der Waals surface area contributed by atoms with E-state index in [4.69, 9.17) is 9.84 Å². The van der Waals surface area contributed by atoms with Crippen LogP contribution in [0.3, 0.4) is 0 Å². The van der Waals surface area contributed by atoms with Crippen molar-refractivity contribution in [2.75, 3.05) is 7.11 Å². The van der Waals surface area contributed by atoms with Gasteiger partial charge in [-0.2, -0.15) is 0 Å². The van der Waals surface area contributed by atoms with Crippen LogP contribution >= 0.6 is 0 Å². The lowest BCUT2D eigenvalue weighted by atomic mass is 10.1. The van der Waals surface area contributed by atoms with Crippen LogP contribution in [-0.2, 0) is 16.0 Å². The first kappa shape index (κ1) is 12.1. The molecule has 0 radical (unpaired) electrons. The van der Waals surface area contributed by atoms with E-state index in [0.29, 0.717) is 5.56 Å².